The average Bonchev–Trinajstić information content (AvgIpc) is 2.71. The zero-order valence-corrected chi connectivity index (χ0v) is 9.82. The maximum absolute atomic E-state index is 12.3. The number of nitrogens with two attached hydrogens (primary N) is 1. The summed E-state index contributed by atoms with van der Waals surface area (Å²) in [7, 11) is 0. The van der Waals surface area contributed by atoms with Gasteiger partial charge in [0, 0.05) is 25.7 Å². The fourth-order valence-electron chi connectivity index (χ4n) is 3.26. The van der Waals surface area contributed by atoms with Crippen molar-refractivity contribution in [3.8, 4) is 0 Å². The van der Waals surface area contributed by atoms with Gasteiger partial charge in [0.15, 0.2) is 0 Å². The molecule has 1 atom stereocenters. The highest BCUT2D eigenvalue weighted by Gasteiger charge is 2.44. The van der Waals surface area contributed by atoms with Crippen LogP contribution in [0.25, 0.3) is 0 Å². The summed E-state index contributed by atoms with van der Waals surface area (Å²) in [4.78, 5) is 16.8. The molecule has 1 saturated carbocycles. The highest BCUT2D eigenvalue weighted by atomic mass is 16.2. The standard InChI is InChI=1S/C12H21N3O/c13-12(4-2-5-12)11(16)15-8-7-14-6-1-3-10(14)9-15/h10H,1-9,13H2. The van der Waals surface area contributed by atoms with Gasteiger partial charge in [0.25, 0.3) is 0 Å². The van der Waals surface area contributed by atoms with Crippen LogP contribution in [0.1, 0.15) is 32.1 Å². The number of rotatable bonds is 1. The number of carbonyl (C=O) groups is 1. The normalized spacial score (nSPS) is 33.3. The molecule has 2 saturated heterocycles. The number of hydrogen-bond acceptors (Lipinski definition) is 3. The highest BCUT2D eigenvalue weighted by molar-refractivity contribution is 5.87. The zero-order valence-electron chi connectivity index (χ0n) is 9.82. The molecule has 16 heavy (non-hydrogen) atoms. The SMILES string of the molecule is NC1(C(=O)N2CCN3CCCC3C2)CCC1. The molecular weight excluding hydrogens is 202 g/mol. The molecule has 0 aromatic carbocycles. The molecule has 3 rings (SSSR count). The molecule has 2 heterocycles. The summed E-state index contributed by atoms with van der Waals surface area (Å²) in [5, 5.41) is 0. The molecule has 0 spiro atoms. The van der Waals surface area contributed by atoms with Crippen molar-refractivity contribution < 1.29 is 4.79 Å². The van der Waals surface area contributed by atoms with Crippen molar-refractivity contribution in [1.82, 2.24) is 9.80 Å². The Morgan fingerprint density at radius 3 is 2.69 bits per heavy atom. The van der Waals surface area contributed by atoms with Gasteiger partial charge in [0.2, 0.25) is 5.91 Å². The van der Waals surface area contributed by atoms with E-state index < -0.39 is 5.54 Å². The largest absolute Gasteiger partial charge is 0.338 e. The smallest absolute Gasteiger partial charge is 0.242 e. The topological polar surface area (TPSA) is 49.6 Å². The van der Waals surface area contributed by atoms with Gasteiger partial charge in [-0.05, 0) is 38.6 Å². The summed E-state index contributed by atoms with van der Waals surface area (Å²) >= 11 is 0. The van der Waals surface area contributed by atoms with Gasteiger partial charge in [-0.1, -0.05) is 0 Å². The Kier molecular flexibility index (Phi) is 2.44. The van der Waals surface area contributed by atoms with Crippen LogP contribution in [0.3, 0.4) is 0 Å². The van der Waals surface area contributed by atoms with E-state index in [1.54, 1.807) is 0 Å². The molecular formula is C12H21N3O. The quantitative estimate of drug-likeness (QED) is 0.689. The lowest BCUT2D eigenvalue weighted by atomic mass is 9.76. The van der Waals surface area contributed by atoms with E-state index in [9.17, 15) is 4.79 Å². The van der Waals surface area contributed by atoms with Crippen LogP contribution in [0.15, 0.2) is 0 Å². The maximum atomic E-state index is 12.3. The molecule has 90 valence electrons. The van der Waals surface area contributed by atoms with Crippen LogP contribution in [0.2, 0.25) is 0 Å². The second-order valence-corrected chi connectivity index (χ2v) is 5.59. The predicted octanol–water partition coefficient (Wildman–Crippen LogP) is 0.174. The van der Waals surface area contributed by atoms with Gasteiger partial charge in [-0.25, -0.2) is 0 Å². The molecule has 3 fully saturated rings. The van der Waals surface area contributed by atoms with Crippen molar-refractivity contribution in [3.05, 3.63) is 0 Å². The van der Waals surface area contributed by atoms with Crippen molar-refractivity contribution in [1.29, 1.82) is 0 Å². The minimum atomic E-state index is -0.499. The highest BCUT2D eigenvalue weighted by Crippen LogP contribution is 2.32. The number of nitrogens with zero attached hydrogens (tertiary/aromatic N) is 2. The van der Waals surface area contributed by atoms with Crippen LogP contribution >= 0.6 is 0 Å². The number of carbonyl (C=O) groups excluding carboxylic acids is 1. The third-order valence-electron chi connectivity index (χ3n) is 4.55. The zero-order chi connectivity index (χ0) is 11.2. The lowest BCUT2D eigenvalue weighted by molar-refractivity contribution is -0.142. The summed E-state index contributed by atoms with van der Waals surface area (Å²) < 4.78 is 0. The number of fused-ring (bicyclic) bond motifs is 1. The van der Waals surface area contributed by atoms with Crippen LogP contribution in [-0.4, -0.2) is 53.5 Å². The molecule has 0 bridgehead atoms. The van der Waals surface area contributed by atoms with E-state index in [2.05, 4.69) is 4.90 Å². The Labute approximate surface area is 96.8 Å². The number of hydrogen-bond donors (Lipinski definition) is 1. The van der Waals surface area contributed by atoms with Gasteiger partial charge < -0.3 is 10.6 Å². The molecule has 3 aliphatic rings. The third-order valence-corrected chi connectivity index (χ3v) is 4.55. The first-order valence-electron chi connectivity index (χ1n) is 6.51. The van der Waals surface area contributed by atoms with Crippen LogP contribution in [0.5, 0.6) is 0 Å². The number of amides is 1. The van der Waals surface area contributed by atoms with E-state index in [1.807, 2.05) is 4.90 Å². The van der Waals surface area contributed by atoms with Crippen LogP contribution in [0.4, 0.5) is 0 Å². The lowest BCUT2D eigenvalue weighted by Gasteiger charge is -2.44. The summed E-state index contributed by atoms with van der Waals surface area (Å²) in [5.74, 6) is 0.213. The minimum Gasteiger partial charge on any atom is -0.338 e. The minimum absolute atomic E-state index is 0.213. The third kappa shape index (κ3) is 1.55. The van der Waals surface area contributed by atoms with Crippen LogP contribution in [-0.2, 0) is 4.79 Å². The average molecular weight is 223 g/mol. The molecule has 0 radical (unpaired) electrons. The van der Waals surface area contributed by atoms with Crippen molar-refractivity contribution >= 4 is 5.91 Å². The van der Waals surface area contributed by atoms with Crippen molar-refractivity contribution in [3.63, 3.8) is 0 Å². The molecule has 4 nitrogen and oxygen atoms in total. The van der Waals surface area contributed by atoms with Crippen LogP contribution in [0, 0.1) is 0 Å². The van der Waals surface area contributed by atoms with E-state index in [0.29, 0.717) is 6.04 Å². The van der Waals surface area contributed by atoms with E-state index in [0.717, 1.165) is 38.9 Å². The Morgan fingerprint density at radius 2 is 2.00 bits per heavy atom. The molecule has 2 aliphatic heterocycles. The predicted molar refractivity (Wildman–Crippen MR) is 61.9 cm³/mol. The number of piperazine rings is 1. The molecule has 2 N–H and O–H groups in total. The van der Waals surface area contributed by atoms with Crippen LogP contribution < -0.4 is 5.73 Å². The van der Waals surface area contributed by atoms with Gasteiger partial charge in [0.05, 0.1) is 5.54 Å². The maximum Gasteiger partial charge on any atom is 0.242 e. The summed E-state index contributed by atoms with van der Waals surface area (Å²) in [6.45, 7) is 4.07. The van der Waals surface area contributed by atoms with Gasteiger partial charge in [-0.3, -0.25) is 9.69 Å². The molecule has 0 aromatic heterocycles. The Balaban J connectivity index is 1.65. The van der Waals surface area contributed by atoms with Gasteiger partial charge in [-0.15, -0.1) is 0 Å². The molecule has 0 aromatic rings. The first-order valence-corrected chi connectivity index (χ1v) is 6.51. The summed E-state index contributed by atoms with van der Waals surface area (Å²) in [6.07, 6.45) is 5.43. The van der Waals surface area contributed by atoms with Crippen molar-refractivity contribution in [2.24, 2.45) is 5.73 Å². The van der Waals surface area contributed by atoms with Gasteiger partial charge >= 0.3 is 0 Å². The van der Waals surface area contributed by atoms with E-state index in [-0.39, 0.29) is 5.91 Å². The first kappa shape index (κ1) is 10.5. The van der Waals surface area contributed by atoms with Gasteiger partial charge in [0.1, 0.15) is 0 Å². The van der Waals surface area contributed by atoms with E-state index in [4.69, 9.17) is 5.73 Å². The fourth-order valence-corrected chi connectivity index (χ4v) is 3.26. The van der Waals surface area contributed by atoms with Crippen molar-refractivity contribution in [2.45, 2.75) is 43.7 Å². The second kappa shape index (κ2) is 3.70. The molecule has 1 aliphatic carbocycles. The Morgan fingerprint density at radius 1 is 1.19 bits per heavy atom. The Bertz CT molecular complexity index is 301. The summed E-state index contributed by atoms with van der Waals surface area (Å²) in [5.41, 5.74) is 5.61. The van der Waals surface area contributed by atoms with Gasteiger partial charge in [-0.2, -0.15) is 0 Å². The first-order chi connectivity index (χ1) is 7.69. The molecule has 1 unspecified atom stereocenters. The van der Waals surface area contributed by atoms with Crippen molar-refractivity contribution in [2.75, 3.05) is 26.2 Å². The summed E-state index contributed by atoms with van der Waals surface area (Å²) in [6, 6.07) is 0.612. The van der Waals surface area contributed by atoms with E-state index in [1.165, 1.54) is 19.4 Å². The monoisotopic (exact) mass is 223 g/mol. The van der Waals surface area contributed by atoms with E-state index >= 15 is 0 Å². The fraction of sp³-hybridized carbons (Fsp3) is 0.917. The molecule has 1 amide bonds. The second-order valence-electron chi connectivity index (χ2n) is 5.59. The molecule has 4 heteroatoms. The lowest BCUT2D eigenvalue weighted by Crippen LogP contribution is -2.63. The Hall–Kier alpha value is -0.610.